The van der Waals surface area contributed by atoms with Gasteiger partial charge in [-0.1, -0.05) is 17.7 Å². The summed E-state index contributed by atoms with van der Waals surface area (Å²) in [5, 5.41) is 2.22. The SMILES string of the molecule is CCOC(=O)CNC(=O)c1c(F)cccc1Cl. The van der Waals surface area contributed by atoms with E-state index in [-0.39, 0.29) is 23.7 Å². The molecule has 0 saturated carbocycles. The van der Waals surface area contributed by atoms with Gasteiger partial charge >= 0.3 is 5.97 Å². The van der Waals surface area contributed by atoms with Gasteiger partial charge in [-0.2, -0.15) is 0 Å². The van der Waals surface area contributed by atoms with Crippen molar-refractivity contribution in [1.82, 2.24) is 5.32 Å². The number of esters is 1. The van der Waals surface area contributed by atoms with Gasteiger partial charge in [0.1, 0.15) is 12.4 Å². The van der Waals surface area contributed by atoms with Crippen LogP contribution < -0.4 is 5.32 Å². The average molecular weight is 260 g/mol. The van der Waals surface area contributed by atoms with Crippen LogP contribution in [0.3, 0.4) is 0 Å². The Labute approximate surface area is 103 Å². The second kappa shape index (κ2) is 6.20. The van der Waals surface area contributed by atoms with Gasteiger partial charge in [-0.15, -0.1) is 0 Å². The second-order valence-electron chi connectivity index (χ2n) is 3.08. The number of amides is 1. The zero-order chi connectivity index (χ0) is 12.8. The number of ether oxygens (including phenoxy) is 1. The molecule has 1 amide bonds. The van der Waals surface area contributed by atoms with Gasteiger partial charge in [0.25, 0.3) is 5.91 Å². The Balaban J connectivity index is 2.68. The molecule has 0 unspecified atom stereocenters. The lowest BCUT2D eigenvalue weighted by atomic mass is 10.2. The topological polar surface area (TPSA) is 55.4 Å². The zero-order valence-electron chi connectivity index (χ0n) is 9.13. The fraction of sp³-hybridized carbons (Fsp3) is 0.273. The summed E-state index contributed by atoms with van der Waals surface area (Å²) >= 11 is 5.68. The monoisotopic (exact) mass is 259 g/mol. The molecule has 0 aliphatic carbocycles. The first kappa shape index (κ1) is 13.4. The van der Waals surface area contributed by atoms with Crippen molar-refractivity contribution in [2.24, 2.45) is 0 Å². The fourth-order valence-electron chi connectivity index (χ4n) is 1.17. The van der Waals surface area contributed by atoms with Crippen LogP contribution in [-0.4, -0.2) is 25.0 Å². The van der Waals surface area contributed by atoms with E-state index in [0.717, 1.165) is 6.07 Å². The van der Waals surface area contributed by atoms with Crippen LogP contribution in [0.1, 0.15) is 17.3 Å². The standard InChI is InChI=1S/C11H11ClFNO3/c1-2-17-9(15)6-14-11(16)10-7(12)4-3-5-8(10)13/h3-5H,2,6H2,1H3,(H,14,16). The Hall–Kier alpha value is -1.62. The smallest absolute Gasteiger partial charge is 0.325 e. The molecular weight excluding hydrogens is 249 g/mol. The molecule has 0 aliphatic rings. The Kier molecular flexibility index (Phi) is 4.90. The lowest BCUT2D eigenvalue weighted by Gasteiger charge is -2.07. The Morgan fingerprint density at radius 2 is 2.18 bits per heavy atom. The summed E-state index contributed by atoms with van der Waals surface area (Å²) in [4.78, 5) is 22.5. The predicted octanol–water partition coefficient (Wildman–Crippen LogP) is 1.77. The predicted molar refractivity (Wildman–Crippen MR) is 60.4 cm³/mol. The number of benzene rings is 1. The van der Waals surface area contributed by atoms with Crippen molar-refractivity contribution in [3.8, 4) is 0 Å². The van der Waals surface area contributed by atoms with Crippen molar-refractivity contribution in [3.05, 3.63) is 34.6 Å². The van der Waals surface area contributed by atoms with Crippen LogP contribution in [0.25, 0.3) is 0 Å². The quantitative estimate of drug-likeness (QED) is 0.839. The van der Waals surface area contributed by atoms with E-state index in [4.69, 9.17) is 11.6 Å². The van der Waals surface area contributed by atoms with Gasteiger partial charge in [-0.3, -0.25) is 9.59 Å². The van der Waals surface area contributed by atoms with Crippen molar-refractivity contribution in [3.63, 3.8) is 0 Å². The Bertz CT molecular complexity index is 416. The first-order valence-corrected chi connectivity index (χ1v) is 5.32. The van der Waals surface area contributed by atoms with Crippen molar-refractivity contribution >= 4 is 23.5 Å². The highest BCUT2D eigenvalue weighted by Gasteiger charge is 2.16. The van der Waals surface area contributed by atoms with E-state index >= 15 is 0 Å². The molecule has 0 saturated heterocycles. The van der Waals surface area contributed by atoms with Crippen LogP contribution >= 0.6 is 11.6 Å². The molecule has 0 heterocycles. The summed E-state index contributed by atoms with van der Waals surface area (Å²) in [7, 11) is 0. The van der Waals surface area contributed by atoms with E-state index in [1.54, 1.807) is 6.92 Å². The van der Waals surface area contributed by atoms with Gasteiger partial charge in [-0.05, 0) is 19.1 Å². The maximum atomic E-state index is 13.3. The highest BCUT2D eigenvalue weighted by molar-refractivity contribution is 6.33. The van der Waals surface area contributed by atoms with E-state index in [0.29, 0.717) is 0 Å². The molecule has 0 aromatic heterocycles. The van der Waals surface area contributed by atoms with E-state index in [1.807, 2.05) is 0 Å². The van der Waals surface area contributed by atoms with Gasteiger partial charge in [0.05, 0.1) is 17.2 Å². The van der Waals surface area contributed by atoms with E-state index in [2.05, 4.69) is 10.1 Å². The minimum absolute atomic E-state index is 0.00800. The third-order valence-corrected chi connectivity index (χ3v) is 2.20. The summed E-state index contributed by atoms with van der Waals surface area (Å²) < 4.78 is 17.9. The molecule has 0 atom stereocenters. The largest absolute Gasteiger partial charge is 0.465 e. The summed E-state index contributed by atoms with van der Waals surface area (Å²) in [6.45, 7) is 1.54. The number of halogens is 2. The molecule has 17 heavy (non-hydrogen) atoms. The van der Waals surface area contributed by atoms with Gasteiger partial charge in [-0.25, -0.2) is 4.39 Å². The van der Waals surface area contributed by atoms with Gasteiger partial charge in [0, 0.05) is 0 Å². The first-order valence-electron chi connectivity index (χ1n) is 4.94. The maximum Gasteiger partial charge on any atom is 0.325 e. The fourth-order valence-corrected chi connectivity index (χ4v) is 1.42. The summed E-state index contributed by atoms with van der Waals surface area (Å²) in [6.07, 6.45) is 0. The van der Waals surface area contributed by atoms with E-state index in [1.165, 1.54) is 12.1 Å². The summed E-state index contributed by atoms with van der Waals surface area (Å²) in [5.41, 5.74) is -0.279. The lowest BCUT2D eigenvalue weighted by Crippen LogP contribution is -2.31. The number of hydrogen-bond acceptors (Lipinski definition) is 3. The van der Waals surface area contributed by atoms with Gasteiger partial charge in [0.15, 0.2) is 0 Å². The highest BCUT2D eigenvalue weighted by Crippen LogP contribution is 2.18. The molecule has 4 nitrogen and oxygen atoms in total. The Morgan fingerprint density at radius 1 is 1.47 bits per heavy atom. The first-order chi connectivity index (χ1) is 8.06. The highest BCUT2D eigenvalue weighted by atomic mass is 35.5. The number of hydrogen-bond donors (Lipinski definition) is 1. The molecule has 0 bridgehead atoms. The molecular formula is C11H11ClFNO3. The molecule has 0 spiro atoms. The van der Waals surface area contributed by atoms with Crippen molar-refractivity contribution in [2.75, 3.05) is 13.2 Å². The lowest BCUT2D eigenvalue weighted by molar-refractivity contribution is -0.141. The number of rotatable bonds is 4. The molecule has 6 heteroatoms. The molecule has 1 aromatic carbocycles. The molecule has 1 N–H and O–H groups in total. The van der Waals surface area contributed by atoms with Gasteiger partial charge in [0.2, 0.25) is 0 Å². The minimum atomic E-state index is -0.749. The third-order valence-electron chi connectivity index (χ3n) is 1.89. The number of nitrogens with one attached hydrogen (secondary N) is 1. The van der Waals surface area contributed by atoms with Crippen LogP contribution in [0.5, 0.6) is 0 Å². The van der Waals surface area contributed by atoms with Crippen molar-refractivity contribution < 1.29 is 18.7 Å². The van der Waals surface area contributed by atoms with Crippen LogP contribution in [0, 0.1) is 5.82 Å². The summed E-state index contributed by atoms with van der Waals surface area (Å²) in [5.74, 6) is -2.08. The second-order valence-corrected chi connectivity index (χ2v) is 3.49. The summed E-state index contributed by atoms with van der Waals surface area (Å²) in [6, 6.07) is 3.90. The van der Waals surface area contributed by atoms with E-state index < -0.39 is 17.7 Å². The van der Waals surface area contributed by atoms with Crippen LogP contribution in [0.4, 0.5) is 4.39 Å². The van der Waals surface area contributed by atoms with E-state index in [9.17, 15) is 14.0 Å². The average Bonchev–Trinajstić information content (AvgIpc) is 2.26. The number of carbonyl (C=O) groups excluding carboxylic acids is 2. The maximum absolute atomic E-state index is 13.3. The van der Waals surface area contributed by atoms with Crippen LogP contribution in [-0.2, 0) is 9.53 Å². The minimum Gasteiger partial charge on any atom is -0.465 e. The molecule has 92 valence electrons. The molecule has 0 aliphatic heterocycles. The third kappa shape index (κ3) is 3.71. The van der Waals surface area contributed by atoms with Crippen LogP contribution in [0.2, 0.25) is 5.02 Å². The van der Waals surface area contributed by atoms with Crippen LogP contribution in [0.15, 0.2) is 18.2 Å². The zero-order valence-corrected chi connectivity index (χ0v) is 9.88. The van der Waals surface area contributed by atoms with Crippen molar-refractivity contribution in [1.29, 1.82) is 0 Å². The molecule has 0 radical (unpaired) electrons. The molecule has 0 fully saturated rings. The Morgan fingerprint density at radius 3 is 2.76 bits per heavy atom. The van der Waals surface area contributed by atoms with Crippen molar-refractivity contribution in [2.45, 2.75) is 6.92 Å². The molecule has 1 aromatic rings. The number of carbonyl (C=O) groups is 2. The molecule has 1 rings (SSSR count). The van der Waals surface area contributed by atoms with Gasteiger partial charge < -0.3 is 10.1 Å². The normalized spacial score (nSPS) is 9.82.